The van der Waals surface area contributed by atoms with Crippen LogP contribution in [-0.2, 0) is 19.4 Å². The van der Waals surface area contributed by atoms with Crippen molar-refractivity contribution in [2.24, 2.45) is 5.92 Å². The van der Waals surface area contributed by atoms with Gasteiger partial charge in [0, 0.05) is 6.61 Å². The highest BCUT2D eigenvalue weighted by Gasteiger charge is 2.22. The summed E-state index contributed by atoms with van der Waals surface area (Å²) >= 11 is 0. The molecule has 0 spiro atoms. The van der Waals surface area contributed by atoms with Crippen LogP contribution in [0.5, 0.6) is 0 Å². The zero-order chi connectivity index (χ0) is 10.5. The number of carbonyl (C=O) groups excluding carboxylic acids is 1. The highest BCUT2D eigenvalue weighted by molar-refractivity contribution is 7.81. The summed E-state index contributed by atoms with van der Waals surface area (Å²) in [5, 5.41) is 8.50. The average molecular weight is 212 g/mol. The molecule has 0 aromatic heterocycles. The van der Waals surface area contributed by atoms with Crippen LogP contribution in [0, 0.1) is 5.92 Å². The lowest BCUT2D eigenvalue weighted by molar-refractivity contribution is -0.139. The van der Waals surface area contributed by atoms with Gasteiger partial charge in [0.25, 0.3) is 0 Å². The molecule has 0 aromatic rings. The molecule has 1 unspecified atom stereocenters. The molecule has 0 heterocycles. The van der Waals surface area contributed by atoms with Crippen LogP contribution < -0.4 is 0 Å². The first kappa shape index (κ1) is 12.3. The van der Waals surface area contributed by atoms with Gasteiger partial charge in [-0.25, -0.2) is 0 Å². The number of carbonyl (C=O) groups is 1. The van der Waals surface area contributed by atoms with Gasteiger partial charge < -0.3 is 9.29 Å². The smallest absolute Gasteiger partial charge is 0.396 e. The maximum Gasteiger partial charge on any atom is 0.448 e. The molecule has 0 aliphatic rings. The number of hydrogen-bond acceptors (Lipinski definition) is 5. The first-order chi connectivity index (χ1) is 5.90. The van der Waals surface area contributed by atoms with Crippen molar-refractivity contribution in [2.75, 3.05) is 6.61 Å². The van der Waals surface area contributed by atoms with E-state index in [1.165, 1.54) is 0 Å². The molecule has 7 heteroatoms. The highest BCUT2D eigenvalue weighted by atomic mass is 32.3. The van der Waals surface area contributed by atoms with Crippen LogP contribution in [-0.4, -0.2) is 30.7 Å². The van der Waals surface area contributed by atoms with E-state index in [1.807, 2.05) is 0 Å². The van der Waals surface area contributed by atoms with Crippen molar-refractivity contribution in [1.82, 2.24) is 0 Å². The molecule has 1 atom stereocenters. The summed E-state index contributed by atoms with van der Waals surface area (Å²) in [6, 6.07) is 0. The van der Waals surface area contributed by atoms with Gasteiger partial charge in [-0.1, -0.05) is 6.92 Å². The van der Waals surface area contributed by atoms with Crippen LogP contribution in [0.3, 0.4) is 0 Å². The minimum Gasteiger partial charge on any atom is -0.396 e. The van der Waals surface area contributed by atoms with Gasteiger partial charge in [0.1, 0.15) is 0 Å². The van der Waals surface area contributed by atoms with E-state index in [0.717, 1.165) is 0 Å². The molecule has 0 bridgehead atoms. The quantitative estimate of drug-likeness (QED) is 0.609. The summed E-state index contributed by atoms with van der Waals surface area (Å²) in [4.78, 5) is 10.9. The molecule has 0 saturated carbocycles. The van der Waals surface area contributed by atoms with Crippen molar-refractivity contribution >= 4 is 16.4 Å². The fraction of sp³-hybridized carbons (Fsp3) is 0.833. The van der Waals surface area contributed by atoms with Crippen LogP contribution in [0.4, 0.5) is 0 Å². The first-order valence-corrected chi connectivity index (χ1v) is 5.08. The van der Waals surface area contributed by atoms with Crippen molar-refractivity contribution in [3.63, 3.8) is 0 Å². The van der Waals surface area contributed by atoms with E-state index in [4.69, 9.17) is 9.66 Å². The third-order valence-corrected chi connectivity index (χ3v) is 1.87. The molecule has 6 nitrogen and oxygen atoms in total. The second-order valence-corrected chi connectivity index (χ2v) is 3.47. The lowest BCUT2D eigenvalue weighted by atomic mass is 10.0. The molecule has 0 amide bonds. The van der Waals surface area contributed by atoms with Gasteiger partial charge in [0.05, 0.1) is 5.92 Å². The molecule has 0 saturated heterocycles. The van der Waals surface area contributed by atoms with Crippen molar-refractivity contribution < 1.29 is 27.1 Å². The van der Waals surface area contributed by atoms with Crippen LogP contribution >= 0.6 is 0 Å². The summed E-state index contributed by atoms with van der Waals surface area (Å²) in [6.45, 7) is 1.41. The van der Waals surface area contributed by atoms with Crippen molar-refractivity contribution in [3.8, 4) is 0 Å². The second-order valence-electron chi connectivity index (χ2n) is 2.45. The molecular formula is C6H12O6S. The van der Waals surface area contributed by atoms with Crippen LogP contribution in [0.25, 0.3) is 0 Å². The Morgan fingerprint density at radius 1 is 1.54 bits per heavy atom. The van der Waals surface area contributed by atoms with E-state index >= 15 is 0 Å². The van der Waals surface area contributed by atoms with Gasteiger partial charge in [0.2, 0.25) is 0 Å². The number of hydrogen-bond donors (Lipinski definition) is 2. The van der Waals surface area contributed by atoms with E-state index in [-0.39, 0.29) is 13.0 Å². The Morgan fingerprint density at radius 2 is 2.08 bits per heavy atom. The fourth-order valence-corrected chi connectivity index (χ4v) is 1.16. The van der Waals surface area contributed by atoms with E-state index < -0.39 is 22.3 Å². The minimum atomic E-state index is -4.73. The molecule has 78 valence electrons. The molecule has 2 N–H and O–H groups in total. The number of rotatable bonds is 5. The van der Waals surface area contributed by atoms with E-state index in [1.54, 1.807) is 6.92 Å². The monoisotopic (exact) mass is 212 g/mol. The summed E-state index contributed by atoms with van der Waals surface area (Å²) in [7, 11) is -4.73. The van der Waals surface area contributed by atoms with Crippen molar-refractivity contribution in [2.45, 2.75) is 19.8 Å². The molecule has 0 rings (SSSR count). The standard InChI is InChI=1S/C6H12O6S/c1-2-5(3-4-7)6(8)12-13(9,10)11/h5,7H,2-4H2,1H3,(H,9,10,11). The lowest BCUT2D eigenvalue weighted by Gasteiger charge is -2.09. The van der Waals surface area contributed by atoms with Gasteiger partial charge in [-0.3, -0.25) is 9.35 Å². The zero-order valence-electron chi connectivity index (χ0n) is 7.13. The number of aliphatic hydroxyl groups excluding tert-OH is 1. The van der Waals surface area contributed by atoms with E-state index in [9.17, 15) is 13.2 Å². The largest absolute Gasteiger partial charge is 0.448 e. The fourth-order valence-electron chi connectivity index (χ4n) is 0.816. The van der Waals surface area contributed by atoms with Gasteiger partial charge in [-0.05, 0) is 12.8 Å². The van der Waals surface area contributed by atoms with Gasteiger partial charge >= 0.3 is 16.4 Å². The first-order valence-electron chi connectivity index (χ1n) is 3.72. The topological polar surface area (TPSA) is 101 Å². The Balaban J connectivity index is 4.22. The molecule has 0 aliphatic carbocycles. The Morgan fingerprint density at radius 3 is 2.38 bits per heavy atom. The second kappa shape index (κ2) is 5.15. The lowest BCUT2D eigenvalue weighted by Crippen LogP contribution is -2.21. The number of aliphatic hydroxyl groups is 1. The molecular weight excluding hydrogens is 200 g/mol. The zero-order valence-corrected chi connectivity index (χ0v) is 7.95. The van der Waals surface area contributed by atoms with Gasteiger partial charge in [0.15, 0.2) is 0 Å². The van der Waals surface area contributed by atoms with Crippen LogP contribution in [0.2, 0.25) is 0 Å². The summed E-state index contributed by atoms with van der Waals surface area (Å²) in [5.41, 5.74) is 0. The summed E-state index contributed by atoms with van der Waals surface area (Å²) < 4.78 is 32.1. The van der Waals surface area contributed by atoms with Crippen LogP contribution in [0.15, 0.2) is 0 Å². The van der Waals surface area contributed by atoms with Crippen LogP contribution in [0.1, 0.15) is 19.8 Å². The summed E-state index contributed by atoms with van der Waals surface area (Å²) in [6.07, 6.45) is 0.458. The van der Waals surface area contributed by atoms with E-state index in [2.05, 4.69) is 4.18 Å². The van der Waals surface area contributed by atoms with Gasteiger partial charge in [-0.2, -0.15) is 8.42 Å². The third kappa shape index (κ3) is 5.56. The highest BCUT2D eigenvalue weighted by Crippen LogP contribution is 2.10. The Hall–Kier alpha value is -0.660. The predicted molar refractivity (Wildman–Crippen MR) is 43.1 cm³/mol. The molecule has 0 aliphatic heterocycles. The van der Waals surface area contributed by atoms with E-state index in [0.29, 0.717) is 6.42 Å². The molecule has 13 heavy (non-hydrogen) atoms. The predicted octanol–water partition coefficient (Wildman–Crippen LogP) is -0.259. The third-order valence-electron chi connectivity index (χ3n) is 1.49. The maximum atomic E-state index is 10.9. The summed E-state index contributed by atoms with van der Waals surface area (Å²) in [5.74, 6) is -1.74. The molecule has 0 radical (unpaired) electrons. The Kier molecular flexibility index (Phi) is 4.89. The normalized spacial score (nSPS) is 13.8. The maximum absolute atomic E-state index is 10.9. The molecule has 0 aromatic carbocycles. The van der Waals surface area contributed by atoms with Crippen molar-refractivity contribution in [1.29, 1.82) is 0 Å². The SMILES string of the molecule is CCC(CCO)C(=O)OS(=O)(=O)O. The van der Waals surface area contributed by atoms with Gasteiger partial charge in [-0.15, -0.1) is 0 Å². The minimum absolute atomic E-state index is 0.116. The Bertz CT molecular complexity index is 256. The Labute approximate surface area is 76.5 Å². The van der Waals surface area contributed by atoms with Crippen molar-refractivity contribution in [3.05, 3.63) is 0 Å². The molecule has 0 fully saturated rings. The average Bonchev–Trinajstić information content (AvgIpc) is 1.96.